The molecule has 0 spiro atoms. The van der Waals surface area contributed by atoms with Crippen LogP contribution < -0.4 is 14.8 Å². The summed E-state index contributed by atoms with van der Waals surface area (Å²) >= 11 is 5.84. The number of nitrogens with one attached hydrogen (secondary N) is 2. The Morgan fingerprint density at radius 1 is 1.16 bits per heavy atom. The van der Waals surface area contributed by atoms with Crippen LogP contribution in [0.5, 0.6) is 5.75 Å². The van der Waals surface area contributed by atoms with Crippen molar-refractivity contribution in [1.82, 2.24) is 4.72 Å². The Kier molecular flexibility index (Phi) is 6.05. The number of amides is 1. The predicted molar refractivity (Wildman–Crippen MR) is 97.7 cm³/mol. The number of ether oxygens (including phenoxy) is 1. The van der Waals surface area contributed by atoms with Gasteiger partial charge in [-0.25, -0.2) is 13.1 Å². The van der Waals surface area contributed by atoms with E-state index in [1.54, 1.807) is 37.3 Å². The van der Waals surface area contributed by atoms with E-state index in [0.29, 0.717) is 10.7 Å². The number of hydrogen-bond acceptors (Lipinski definition) is 4. The largest absolute Gasteiger partial charge is 0.495 e. The van der Waals surface area contributed by atoms with Crippen LogP contribution in [0.1, 0.15) is 11.1 Å². The van der Waals surface area contributed by atoms with Crippen LogP contribution in [0.25, 0.3) is 0 Å². The highest BCUT2D eigenvalue weighted by molar-refractivity contribution is 7.89. The summed E-state index contributed by atoms with van der Waals surface area (Å²) in [6.45, 7) is 3.25. The molecule has 25 heavy (non-hydrogen) atoms. The van der Waals surface area contributed by atoms with E-state index < -0.39 is 22.5 Å². The molecule has 1 amide bonds. The van der Waals surface area contributed by atoms with Crippen molar-refractivity contribution in [3.05, 3.63) is 52.5 Å². The predicted octanol–water partition coefficient (Wildman–Crippen LogP) is 2.88. The molecule has 0 saturated carbocycles. The molecular weight excluding hydrogens is 364 g/mol. The molecule has 0 bridgehead atoms. The van der Waals surface area contributed by atoms with Crippen LogP contribution in [0, 0.1) is 13.8 Å². The maximum absolute atomic E-state index is 12.5. The molecule has 0 aliphatic rings. The van der Waals surface area contributed by atoms with E-state index in [-0.39, 0.29) is 10.6 Å². The zero-order chi connectivity index (χ0) is 18.6. The van der Waals surface area contributed by atoms with Crippen LogP contribution in [-0.2, 0) is 14.8 Å². The second-order valence-corrected chi connectivity index (χ2v) is 7.64. The van der Waals surface area contributed by atoms with Gasteiger partial charge in [0, 0.05) is 10.7 Å². The number of aryl methyl sites for hydroxylation is 2. The molecule has 0 radical (unpaired) electrons. The van der Waals surface area contributed by atoms with E-state index in [4.69, 9.17) is 16.3 Å². The van der Waals surface area contributed by atoms with Crippen molar-refractivity contribution in [2.24, 2.45) is 0 Å². The topological polar surface area (TPSA) is 84.5 Å². The second kappa shape index (κ2) is 7.86. The molecule has 0 aliphatic heterocycles. The van der Waals surface area contributed by atoms with Crippen molar-refractivity contribution < 1.29 is 17.9 Å². The summed E-state index contributed by atoms with van der Waals surface area (Å²) in [6, 6.07) is 9.75. The highest BCUT2D eigenvalue weighted by Gasteiger charge is 2.21. The standard InChI is InChI=1S/C17H19ClN2O4S/c1-11-7-15(24-3)16(8-12(11)2)25(22,23)19-10-17(21)20-14-6-4-5-13(18)9-14/h4-9,19H,10H2,1-3H3,(H,20,21). The summed E-state index contributed by atoms with van der Waals surface area (Å²) in [5, 5.41) is 3.04. The minimum Gasteiger partial charge on any atom is -0.495 e. The monoisotopic (exact) mass is 382 g/mol. The van der Waals surface area contributed by atoms with Crippen molar-refractivity contribution in [2.45, 2.75) is 18.7 Å². The molecule has 8 heteroatoms. The van der Waals surface area contributed by atoms with Gasteiger partial charge in [0.2, 0.25) is 15.9 Å². The minimum absolute atomic E-state index is 0.00587. The van der Waals surface area contributed by atoms with Crippen LogP contribution in [0.15, 0.2) is 41.3 Å². The summed E-state index contributed by atoms with van der Waals surface area (Å²) < 4.78 is 32.4. The van der Waals surface area contributed by atoms with Gasteiger partial charge in [0.05, 0.1) is 13.7 Å². The molecule has 0 saturated heterocycles. The van der Waals surface area contributed by atoms with Crippen LogP contribution in [-0.4, -0.2) is 28.0 Å². The van der Waals surface area contributed by atoms with Crippen LogP contribution in [0.2, 0.25) is 5.02 Å². The quantitative estimate of drug-likeness (QED) is 0.804. The lowest BCUT2D eigenvalue weighted by atomic mass is 10.1. The van der Waals surface area contributed by atoms with Crippen LogP contribution >= 0.6 is 11.6 Å². The first-order valence-electron chi connectivity index (χ1n) is 7.43. The average molecular weight is 383 g/mol. The van der Waals surface area contributed by atoms with Gasteiger partial charge in [-0.15, -0.1) is 0 Å². The number of halogens is 1. The Balaban J connectivity index is 2.11. The van der Waals surface area contributed by atoms with Crippen molar-refractivity contribution in [2.75, 3.05) is 19.0 Å². The number of sulfonamides is 1. The van der Waals surface area contributed by atoms with E-state index in [0.717, 1.165) is 11.1 Å². The lowest BCUT2D eigenvalue weighted by Crippen LogP contribution is -2.33. The summed E-state index contributed by atoms with van der Waals surface area (Å²) in [5.41, 5.74) is 2.21. The van der Waals surface area contributed by atoms with Gasteiger partial charge in [-0.2, -0.15) is 0 Å². The molecular formula is C17H19ClN2O4S. The van der Waals surface area contributed by atoms with E-state index in [1.165, 1.54) is 13.2 Å². The zero-order valence-corrected chi connectivity index (χ0v) is 15.7. The lowest BCUT2D eigenvalue weighted by molar-refractivity contribution is -0.115. The molecule has 2 aromatic rings. The smallest absolute Gasteiger partial charge is 0.244 e. The van der Waals surface area contributed by atoms with Gasteiger partial charge >= 0.3 is 0 Å². The zero-order valence-electron chi connectivity index (χ0n) is 14.1. The van der Waals surface area contributed by atoms with Gasteiger partial charge in [-0.3, -0.25) is 4.79 Å². The van der Waals surface area contributed by atoms with E-state index in [9.17, 15) is 13.2 Å². The summed E-state index contributed by atoms with van der Waals surface area (Å²) in [5.74, 6) is -0.278. The molecule has 0 atom stereocenters. The third kappa shape index (κ3) is 4.94. The number of rotatable bonds is 6. The molecule has 0 fully saturated rings. The molecule has 134 valence electrons. The summed E-state index contributed by atoms with van der Waals surface area (Å²) in [7, 11) is -2.50. The normalized spacial score (nSPS) is 11.2. The first kappa shape index (κ1) is 19.2. The van der Waals surface area contributed by atoms with Crippen molar-refractivity contribution in [3.63, 3.8) is 0 Å². The van der Waals surface area contributed by atoms with Gasteiger partial charge in [0.15, 0.2) is 0 Å². The molecule has 0 aliphatic carbocycles. The van der Waals surface area contributed by atoms with Crippen molar-refractivity contribution in [3.8, 4) is 5.75 Å². The summed E-state index contributed by atoms with van der Waals surface area (Å²) in [4.78, 5) is 12.0. The number of anilines is 1. The number of hydrogen-bond donors (Lipinski definition) is 2. The second-order valence-electron chi connectivity index (χ2n) is 5.47. The third-order valence-electron chi connectivity index (χ3n) is 3.60. The Bertz CT molecular complexity index is 898. The fourth-order valence-electron chi connectivity index (χ4n) is 2.14. The van der Waals surface area contributed by atoms with Gasteiger partial charge < -0.3 is 10.1 Å². The van der Waals surface area contributed by atoms with Crippen molar-refractivity contribution >= 4 is 33.2 Å². The van der Waals surface area contributed by atoms with E-state index in [2.05, 4.69) is 10.0 Å². The Labute approximate surface area is 152 Å². The fraction of sp³-hybridized carbons (Fsp3) is 0.235. The molecule has 2 aromatic carbocycles. The number of carbonyl (C=O) groups excluding carboxylic acids is 1. The molecule has 0 heterocycles. The third-order valence-corrected chi connectivity index (χ3v) is 5.26. The van der Waals surface area contributed by atoms with E-state index in [1.807, 2.05) is 6.92 Å². The maximum atomic E-state index is 12.5. The van der Waals surface area contributed by atoms with Gasteiger partial charge in [-0.1, -0.05) is 17.7 Å². The molecule has 0 unspecified atom stereocenters. The lowest BCUT2D eigenvalue weighted by Gasteiger charge is -2.13. The molecule has 2 rings (SSSR count). The van der Waals surface area contributed by atoms with Crippen molar-refractivity contribution in [1.29, 1.82) is 0 Å². The Morgan fingerprint density at radius 2 is 1.84 bits per heavy atom. The molecule has 0 aromatic heterocycles. The van der Waals surface area contributed by atoms with E-state index >= 15 is 0 Å². The minimum atomic E-state index is -3.90. The SMILES string of the molecule is COc1cc(C)c(C)cc1S(=O)(=O)NCC(=O)Nc1cccc(Cl)c1. The Morgan fingerprint density at radius 3 is 2.48 bits per heavy atom. The maximum Gasteiger partial charge on any atom is 0.244 e. The number of carbonyl (C=O) groups is 1. The van der Waals surface area contributed by atoms with Gasteiger partial charge in [0.1, 0.15) is 10.6 Å². The average Bonchev–Trinajstić information content (AvgIpc) is 2.55. The summed E-state index contributed by atoms with van der Waals surface area (Å²) in [6.07, 6.45) is 0. The molecule has 2 N–H and O–H groups in total. The molecule has 6 nitrogen and oxygen atoms in total. The Hall–Kier alpha value is -2.09. The fourth-order valence-corrected chi connectivity index (χ4v) is 3.55. The first-order chi connectivity index (χ1) is 11.7. The van der Waals surface area contributed by atoms with Gasteiger partial charge in [0.25, 0.3) is 0 Å². The number of benzene rings is 2. The van der Waals surface area contributed by atoms with Crippen LogP contribution in [0.3, 0.4) is 0 Å². The van der Waals surface area contributed by atoms with Gasteiger partial charge in [-0.05, 0) is 55.3 Å². The first-order valence-corrected chi connectivity index (χ1v) is 9.29. The highest BCUT2D eigenvalue weighted by Crippen LogP contribution is 2.27. The van der Waals surface area contributed by atoms with Crippen LogP contribution in [0.4, 0.5) is 5.69 Å². The highest BCUT2D eigenvalue weighted by atomic mass is 35.5. The number of methoxy groups -OCH3 is 1.